The summed E-state index contributed by atoms with van der Waals surface area (Å²) in [6, 6.07) is 11.1. The van der Waals surface area contributed by atoms with E-state index in [0.29, 0.717) is 19.5 Å². The molecule has 7 heteroatoms. The van der Waals surface area contributed by atoms with Gasteiger partial charge in [0.25, 0.3) is 5.56 Å². The number of carbonyl (C=O) groups is 1. The van der Waals surface area contributed by atoms with Crippen LogP contribution in [0.15, 0.2) is 41.2 Å². The van der Waals surface area contributed by atoms with E-state index in [9.17, 15) is 9.59 Å². The summed E-state index contributed by atoms with van der Waals surface area (Å²) in [7, 11) is 0. The van der Waals surface area contributed by atoms with Gasteiger partial charge in [-0.15, -0.1) is 11.3 Å². The van der Waals surface area contributed by atoms with Gasteiger partial charge >= 0.3 is 0 Å². The predicted molar refractivity (Wildman–Crippen MR) is 107 cm³/mol. The molecule has 0 aliphatic heterocycles. The third-order valence-corrected chi connectivity index (χ3v) is 5.23. The van der Waals surface area contributed by atoms with Crippen molar-refractivity contribution in [2.24, 2.45) is 0 Å². The molecule has 0 aliphatic carbocycles. The summed E-state index contributed by atoms with van der Waals surface area (Å²) in [6.45, 7) is 6.56. The van der Waals surface area contributed by atoms with Gasteiger partial charge < -0.3 is 5.32 Å². The number of amides is 1. The van der Waals surface area contributed by atoms with Crippen molar-refractivity contribution < 1.29 is 4.79 Å². The number of carbonyl (C=O) groups excluding carboxylic acids is 1. The maximum absolute atomic E-state index is 12.1. The molecule has 140 valence electrons. The first-order chi connectivity index (χ1) is 12.9. The average Bonchev–Trinajstić information content (AvgIpc) is 2.97. The lowest BCUT2D eigenvalue weighted by atomic mass is 10.1. The minimum atomic E-state index is -0.189. The molecule has 6 nitrogen and oxygen atoms in total. The zero-order chi connectivity index (χ0) is 19.4. The molecule has 0 aliphatic rings. The standard InChI is InChI=1S/C20H22N4O2S/c1-13-4-6-16(7-5-13)12-18(25)21-10-11-24-19(26)9-8-17(23-24)20-14(2)22-15(3)27-20/h4-9H,10-12H2,1-3H3,(H,21,25). The molecule has 0 unspecified atom stereocenters. The fourth-order valence-electron chi connectivity index (χ4n) is 2.75. The summed E-state index contributed by atoms with van der Waals surface area (Å²) < 4.78 is 1.38. The van der Waals surface area contributed by atoms with Crippen LogP contribution in [0.3, 0.4) is 0 Å². The molecule has 0 saturated carbocycles. The van der Waals surface area contributed by atoms with Gasteiger partial charge in [0.1, 0.15) is 5.69 Å². The summed E-state index contributed by atoms with van der Waals surface area (Å²) in [5, 5.41) is 8.24. The first kappa shape index (κ1) is 19.0. The topological polar surface area (TPSA) is 76.9 Å². The molecule has 0 fully saturated rings. The number of benzene rings is 1. The van der Waals surface area contributed by atoms with Crippen molar-refractivity contribution in [1.29, 1.82) is 0 Å². The minimum absolute atomic E-state index is 0.0722. The molecule has 3 rings (SSSR count). The molecular weight excluding hydrogens is 360 g/mol. The van der Waals surface area contributed by atoms with E-state index < -0.39 is 0 Å². The maximum atomic E-state index is 12.1. The maximum Gasteiger partial charge on any atom is 0.266 e. The number of aryl methyl sites for hydroxylation is 3. The predicted octanol–water partition coefficient (Wildman–Crippen LogP) is 2.65. The van der Waals surface area contributed by atoms with Gasteiger partial charge in [-0.05, 0) is 32.4 Å². The van der Waals surface area contributed by atoms with Crippen LogP contribution in [-0.4, -0.2) is 27.2 Å². The summed E-state index contributed by atoms with van der Waals surface area (Å²) in [6.07, 6.45) is 0.321. The second kappa shape index (κ2) is 8.26. The first-order valence-electron chi connectivity index (χ1n) is 8.77. The number of thiazole rings is 1. The fraction of sp³-hybridized carbons (Fsp3) is 0.300. The van der Waals surface area contributed by atoms with Gasteiger partial charge in [-0.25, -0.2) is 9.67 Å². The quantitative estimate of drug-likeness (QED) is 0.711. The van der Waals surface area contributed by atoms with Crippen LogP contribution in [0.1, 0.15) is 21.8 Å². The van der Waals surface area contributed by atoms with Crippen molar-refractivity contribution in [3.63, 3.8) is 0 Å². The van der Waals surface area contributed by atoms with Crippen molar-refractivity contribution in [1.82, 2.24) is 20.1 Å². The number of rotatable bonds is 6. The molecule has 0 radical (unpaired) electrons. The van der Waals surface area contributed by atoms with Crippen molar-refractivity contribution in [3.8, 4) is 10.6 Å². The Balaban J connectivity index is 1.61. The van der Waals surface area contributed by atoms with E-state index in [1.807, 2.05) is 45.0 Å². The van der Waals surface area contributed by atoms with Crippen LogP contribution in [0.4, 0.5) is 0 Å². The Bertz CT molecular complexity index is 1010. The van der Waals surface area contributed by atoms with E-state index in [2.05, 4.69) is 15.4 Å². The van der Waals surface area contributed by atoms with Gasteiger partial charge in [-0.2, -0.15) is 5.10 Å². The average molecular weight is 382 g/mol. The Morgan fingerprint density at radius 2 is 1.85 bits per heavy atom. The Morgan fingerprint density at radius 1 is 1.11 bits per heavy atom. The summed E-state index contributed by atoms with van der Waals surface area (Å²) in [4.78, 5) is 29.5. The van der Waals surface area contributed by atoms with E-state index in [1.54, 1.807) is 17.4 Å². The zero-order valence-electron chi connectivity index (χ0n) is 15.7. The zero-order valence-corrected chi connectivity index (χ0v) is 16.5. The molecule has 2 heterocycles. The van der Waals surface area contributed by atoms with Crippen molar-refractivity contribution >= 4 is 17.2 Å². The van der Waals surface area contributed by atoms with Gasteiger partial charge in [-0.3, -0.25) is 9.59 Å². The van der Waals surface area contributed by atoms with Crippen LogP contribution in [0.2, 0.25) is 0 Å². The Hall–Kier alpha value is -2.80. The molecule has 0 atom stereocenters. The number of hydrogen-bond donors (Lipinski definition) is 1. The molecule has 0 bridgehead atoms. The molecule has 1 N–H and O–H groups in total. The van der Waals surface area contributed by atoms with E-state index in [4.69, 9.17) is 0 Å². The molecule has 0 saturated heterocycles. The molecule has 0 spiro atoms. The number of aromatic nitrogens is 3. The van der Waals surface area contributed by atoms with Gasteiger partial charge in [-0.1, -0.05) is 29.8 Å². The number of hydrogen-bond acceptors (Lipinski definition) is 5. The molecule has 1 aromatic carbocycles. The fourth-order valence-corrected chi connectivity index (χ4v) is 3.64. The van der Waals surface area contributed by atoms with Crippen molar-refractivity contribution in [3.05, 3.63) is 68.6 Å². The highest BCUT2D eigenvalue weighted by molar-refractivity contribution is 7.15. The summed E-state index contributed by atoms with van der Waals surface area (Å²) in [5.74, 6) is -0.0722. The van der Waals surface area contributed by atoms with Crippen LogP contribution in [0, 0.1) is 20.8 Å². The minimum Gasteiger partial charge on any atom is -0.354 e. The van der Waals surface area contributed by atoms with Crippen molar-refractivity contribution in [2.75, 3.05) is 6.54 Å². The van der Waals surface area contributed by atoms with Gasteiger partial charge in [0.2, 0.25) is 5.91 Å². The molecule has 27 heavy (non-hydrogen) atoms. The highest BCUT2D eigenvalue weighted by atomic mass is 32.1. The van der Waals surface area contributed by atoms with E-state index in [1.165, 1.54) is 10.7 Å². The largest absolute Gasteiger partial charge is 0.354 e. The highest BCUT2D eigenvalue weighted by Gasteiger charge is 2.11. The second-order valence-corrected chi connectivity index (χ2v) is 7.64. The van der Waals surface area contributed by atoms with Crippen molar-refractivity contribution in [2.45, 2.75) is 33.7 Å². The lowest BCUT2D eigenvalue weighted by Crippen LogP contribution is -2.32. The highest BCUT2D eigenvalue weighted by Crippen LogP contribution is 2.27. The Morgan fingerprint density at radius 3 is 2.52 bits per heavy atom. The van der Waals surface area contributed by atoms with Crippen LogP contribution in [-0.2, 0) is 17.8 Å². The molecule has 1 amide bonds. The summed E-state index contributed by atoms with van der Waals surface area (Å²) >= 11 is 1.55. The van der Waals surface area contributed by atoms with Crippen LogP contribution >= 0.6 is 11.3 Å². The third kappa shape index (κ3) is 4.89. The summed E-state index contributed by atoms with van der Waals surface area (Å²) in [5.41, 5.74) is 3.57. The lowest BCUT2D eigenvalue weighted by molar-refractivity contribution is -0.120. The van der Waals surface area contributed by atoms with E-state index in [0.717, 1.165) is 32.4 Å². The molecule has 2 aromatic heterocycles. The molecular formula is C20H22N4O2S. The normalized spacial score (nSPS) is 10.8. The number of nitrogens with one attached hydrogen (secondary N) is 1. The Kier molecular flexibility index (Phi) is 5.81. The Labute approximate surface area is 161 Å². The van der Waals surface area contributed by atoms with Crippen LogP contribution in [0.5, 0.6) is 0 Å². The van der Waals surface area contributed by atoms with Crippen LogP contribution in [0.25, 0.3) is 10.6 Å². The van der Waals surface area contributed by atoms with E-state index >= 15 is 0 Å². The van der Waals surface area contributed by atoms with E-state index in [-0.39, 0.29) is 11.5 Å². The van der Waals surface area contributed by atoms with Gasteiger partial charge in [0.15, 0.2) is 0 Å². The smallest absolute Gasteiger partial charge is 0.266 e. The third-order valence-electron chi connectivity index (χ3n) is 4.13. The monoisotopic (exact) mass is 382 g/mol. The SMILES string of the molecule is Cc1ccc(CC(=O)NCCn2nc(-c3sc(C)nc3C)ccc2=O)cc1. The lowest BCUT2D eigenvalue weighted by Gasteiger charge is -2.08. The molecule has 3 aromatic rings. The van der Waals surface area contributed by atoms with Crippen LogP contribution < -0.4 is 10.9 Å². The second-order valence-electron chi connectivity index (χ2n) is 6.44. The van der Waals surface area contributed by atoms with Gasteiger partial charge in [0, 0.05) is 12.6 Å². The van der Waals surface area contributed by atoms with Gasteiger partial charge in [0.05, 0.1) is 28.5 Å². The first-order valence-corrected chi connectivity index (χ1v) is 9.59. The number of nitrogens with zero attached hydrogens (tertiary/aromatic N) is 3.